The van der Waals surface area contributed by atoms with Gasteiger partial charge in [-0.3, -0.25) is 4.79 Å². The molecular formula is C31H32ClN5O3S. The lowest BCUT2D eigenvalue weighted by atomic mass is 9.94. The van der Waals surface area contributed by atoms with Crippen molar-refractivity contribution in [3.8, 4) is 11.5 Å². The Morgan fingerprint density at radius 2 is 1.85 bits per heavy atom. The number of ether oxygens (including phenoxy) is 2. The van der Waals surface area contributed by atoms with E-state index in [4.69, 9.17) is 31.2 Å². The zero-order valence-corrected chi connectivity index (χ0v) is 24.9. The summed E-state index contributed by atoms with van der Waals surface area (Å²) in [5, 5.41) is 12.5. The maximum absolute atomic E-state index is 13.8. The van der Waals surface area contributed by atoms with Crippen molar-refractivity contribution in [2.75, 3.05) is 17.2 Å². The predicted octanol–water partition coefficient (Wildman–Crippen LogP) is 7.34. The van der Waals surface area contributed by atoms with Gasteiger partial charge in [-0.1, -0.05) is 65.8 Å². The average molecular weight is 590 g/mol. The molecule has 0 saturated carbocycles. The number of rotatable bonds is 10. The second kappa shape index (κ2) is 12.7. The fourth-order valence-electron chi connectivity index (χ4n) is 4.59. The lowest BCUT2D eigenvalue weighted by Gasteiger charge is -2.29. The predicted molar refractivity (Wildman–Crippen MR) is 164 cm³/mol. The number of thioether (sulfide) groups is 1. The summed E-state index contributed by atoms with van der Waals surface area (Å²) in [7, 11) is 0. The fraction of sp³-hybridized carbons (Fsp3) is 0.258. The third-order valence-corrected chi connectivity index (χ3v) is 7.63. The quantitative estimate of drug-likeness (QED) is 0.187. The molecule has 4 aromatic rings. The molecule has 10 heteroatoms. The van der Waals surface area contributed by atoms with E-state index < -0.39 is 6.04 Å². The lowest BCUT2D eigenvalue weighted by Crippen LogP contribution is -2.31. The monoisotopic (exact) mass is 589 g/mol. The van der Waals surface area contributed by atoms with Crippen LogP contribution in [-0.4, -0.2) is 33.4 Å². The molecule has 1 aliphatic rings. The first-order chi connectivity index (χ1) is 19.8. The SMILES string of the molecule is CCOc1cc(C2C(C(=O)Nc3ccccc3)=C(C)Nc3nc(SCc4ccccc4Cl)nn32)ccc1OC(C)C. The van der Waals surface area contributed by atoms with Crippen LogP contribution in [0, 0.1) is 0 Å². The summed E-state index contributed by atoms with van der Waals surface area (Å²) in [6.07, 6.45) is -0.0205. The number of nitrogens with one attached hydrogen (secondary N) is 2. The van der Waals surface area contributed by atoms with Crippen LogP contribution in [0.1, 0.15) is 44.9 Å². The van der Waals surface area contributed by atoms with E-state index in [1.54, 1.807) is 4.68 Å². The second-order valence-corrected chi connectivity index (χ2v) is 11.1. The Kier molecular flexibility index (Phi) is 8.85. The van der Waals surface area contributed by atoms with Crippen molar-refractivity contribution in [3.05, 3.63) is 100 Å². The molecule has 41 heavy (non-hydrogen) atoms. The van der Waals surface area contributed by atoms with Crippen LogP contribution in [0.25, 0.3) is 0 Å². The summed E-state index contributed by atoms with van der Waals surface area (Å²) < 4.78 is 13.7. The number of halogens is 1. The van der Waals surface area contributed by atoms with E-state index in [0.29, 0.717) is 56.9 Å². The van der Waals surface area contributed by atoms with Gasteiger partial charge in [-0.15, -0.1) is 5.10 Å². The minimum absolute atomic E-state index is 0.0205. The van der Waals surface area contributed by atoms with Crippen LogP contribution in [0.3, 0.4) is 0 Å². The number of allylic oxidation sites excluding steroid dienone is 1. The van der Waals surface area contributed by atoms with Crippen LogP contribution >= 0.6 is 23.4 Å². The van der Waals surface area contributed by atoms with Crippen molar-refractivity contribution in [2.24, 2.45) is 0 Å². The first kappa shape index (κ1) is 28.6. The molecule has 0 bridgehead atoms. The number of para-hydroxylation sites is 1. The summed E-state index contributed by atoms with van der Waals surface area (Å²) in [6, 6.07) is 22.3. The third kappa shape index (κ3) is 6.52. The van der Waals surface area contributed by atoms with Crippen molar-refractivity contribution in [1.29, 1.82) is 0 Å². The van der Waals surface area contributed by atoms with Crippen molar-refractivity contribution < 1.29 is 14.3 Å². The van der Waals surface area contributed by atoms with E-state index in [1.807, 2.05) is 100 Å². The molecule has 1 amide bonds. The number of nitrogens with zero attached hydrogens (tertiary/aromatic N) is 3. The molecule has 5 rings (SSSR count). The van der Waals surface area contributed by atoms with Crippen LogP contribution in [0.15, 0.2) is 89.2 Å². The first-order valence-electron chi connectivity index (χ1n) is 13.4. The Balaban J connectivity index is 1.55. The molecule has 1 unspecified atom stereocenters. The fourth-order valence-corrected chi connectivity index (χ4v) is 5.70. The van der Waals surface area contributed by atoms with Crippen molar-refractivity contribution in [1.82, 2.24) is 14.8 Å². The van der Waals surface area contributed by atoms with Gasteiger partial charge in [0.05, 0.1) is 18.3 Å². The zero-order valence-electron chi connectivity index (χ0n) is 23.3. The molecule has 8 nitrogen and oxygen atoms in total. The average Bonchev–Trinajstić information content (AvgIpc) is 3.35. The van der Waals surface area contributed by atoms with Gasteiger partial charge in [-0.25, -0.2) is 4.68 Å². The molecule has 0 radical (unpaired) electrons. The zero-order chi connectivity index (χ0) is 28.9. The van der Waals surface area contributed by atoms with E-state index >= 15 is 0 Å². The van der Waals surface area contributed by atoms with Crippen LogP contribution in [-0.2, 0) is 10.5 Å². The topological polar surface area (TPSA) is 90.3 Å². The van der Waals surface area contributed by atoms with Crippen LogP contribution in [0.5, 0.6) is 11.5 Å². The minimum atomic E-state index is -0.565. The number of aromatic nitrogens is 3. The van der Waals surface area contributed by atoms with Crippen molar-refractivity contribution in [2.45, 2.75) is 50.8 Å². The van der Waals surface area contributed by atoms with Gasteiger partial charge in [-0.05, 0) is 69.2 Å². The van der Waals surface area contributed by atoms with Gasteiger partial charge in [0.1, 0.15) is 6.04 Å². The summed E-state index contributed by atoms with van der Waals surface area (Å²) in [6.45, 7) is 8.21. The van der Waals surface area contributed by atoms with Gasteiger partial charge in [0.15, 0.2) is 11.5 Å². The van der Waals surface area contributed by atoms with Gasteiger partial charge in [-0.2, -0.15) is 4.98 Å². The molecule has 2 heterocycles. The number of amides is 1. The molecule has 2 N–H and O–H groups in total. The molecule has 0 spiro atoms. The normalized spacial score (nSPS) is 14.4. The second-order valence-electron chi connectivity index (χ2n) is 9.73. The summed E-state index contributed by atoms with van der Waals surface area (Å²) in [5.74, 6) is 2.17. The molecule has 0 saturated heterocycles. The standard InChI is InChI=1S/C31H32ClN5O3S/c1-5-39-26-17-21(15-16-25(26)40-19(2)3)28-27(29(38)34-23-12-7-6-8-13-23)20(4)33-30-35-31(36-37(28)30)41-18-22-11-9-10-14-24(22)32/h6-17,19,28H,5,18H2,1-4H3,(H,34,38)(H,33,35,36). The Labute approximate surface area is 249 Å². The highest BCUT2D eigenvalue weighted by molar-refractivity contribution is 7.98. The Morgan fingerprint density at radius 1 is 1.10 bits per heavy atom. The van der Waals surface area contributed by atoms with E-state index in [1.165, 1.54) is 11.8 Å². The summed E-state index contributed by atoms with van der Waals surface area (Å²) in [5.41, 5.74) is 3.72. The Bertz CT molecular complexity index is 1570. The summed E-state index contributed by atoms with van der Waals surface area (Å²) >= 11 is 7.86. The smallest absolute Gasteiger partial charge is 0.255 e. The van der Waals surface area contributed by atoms with E-state index in [2.05, 4.69) is 10.6 Å². The molecule has 3 aromatic carbocycles. The molecule has 0 aliphatic carbocycles. The number of carbonyl (C=O) groups is 1. The largest absolute Gasteiger partial charge is 0.490 e. The number of anilines is 2. The third-order valence-electron chi connectivity index (χ3n) is 6.37. The highest BCUT2D eigenvalue weighted by atomic mass is 35.5. The number of carbonyl (C=O) groups excluding carboxylic acids is 1. The van der Waals surface area contributed by atoms with E-state index in [9.17, 15) is 4.79 Å². The first-order valence-corrected chi connectivity index (χ1v) is 14.8. The van der Waals surface area contributed by atoms with Gasteiger partial charge in [0.2, 0.25) is 11.1 Å². The van der Waals surface area contributed by atoms with E-state index in [-0.39, 0.29) is 12.0 Å². The maximum atomic E-state index is 13.8. The highest BCUT2D eigenvalue weighted by Gasteiger charge is 2.35. The van der Waals surface area contributed by atoms with Gasteiger partial charge >= 0.3 is 0 Å². The summed E-state index contributed by atoms with van der Waals surface area (Å²) in [4.78, 5) is 18.6. The number of benzene rings is 3. The molecule has 1 atom stereocenters. The highest BCUT2D eigenvalue weighted by Crippen LogP contribution is 2.40. The van der Waals surface area contributed by atoms with Crippen LogP contribution in [0.2, 0.25) is 5.02 Å². The molecule has 0 fully saturated rings. The van der Waals surface area contributed by atoms with E-state index in [0.717, 1.165) is 11.1 Å². The lowest BCUT2D eigenvalue weighted by molar-refractivity contribution is -0.113. The molecule has 212 valence electrons. The van der Waals surface area contributed by atoms with Crippen LogP contribution in [0.4, 0.5) is 11.6 Å². The van der Waals surface area contributed by atoms with Gasteiger partial charge in [0, 0.05) is 22.2 Å². The number of hydrogen-bond donors (Lipinski definition) is 2. The van der Waals surface area contributed by atoms with Crippen molar-refractivity contribution >= 4 is 40.9 Å². The molecule has 1 aromatic heterocycles. The van der Waals surface area contributed by atoms with Crippen molar-refractivity contribution in [3.63, 3.8) is 0 Å². The molecule has 1 aliphatic heterocycles. The number of hydrogen-bond acceptors (Lipinski definition) is 7. The molecular weight excluding hydrogens is 558 g/mol. The van der Waals surface area contributed by atoms with Crippen LogP contribution < -0.4 is 20.1 Å². The van der Waals surface area contributed by atoms with Gasteiger partial charge < -0.3 is 20.1 Å². The minimum Gasteiger partial charge on any atom is -0.490 e. The Morgan fingerprint density at radius 3 is 2.59 bits per heavy atom. The Hall–Kier alpha value is -3.95. The maximum Gasteiger partial charge on any atom is 0.255 e. The number of fused-ring (bicyclic) bond motifs is 1. The van der Waals surface area contributed by atoms with Gasteiger partial charge in [0.25, 0.3) is 5.91 Å².